The normalized spacial score (nSPS) is 20.1. The molecule has 3 N–H and O–H groups in total. The molecule has 4 aromatic rings. The number of allylic oxidation sites excluding steroid dienone is 1. The van der Waals surface area contributed by atoms with Gasteiger partial charge in [-0.1, -0.05) is 125 Å². The van der Waals surface area contributed by atoms with Gasteiger partial charge in [0.15, 0.2) is 0 Å². The lowest BCUT2D eigenvalue weighted by atomic mass is 9.68. The quantitative estimate of drug-likeness (QED) is 0.0660. The maximum Gasteiger partial charge on any atom is 0.261 e. The topological polar surface area (TPSA) is 107 Å². The van der Waals surface area contributed by atoms with Gasteiger partial charge in [0.25, 0.3) is 8.32 Å². The number of nitrogens with zero attached hydrogens (tertiary/aromatic N) is 1. The molecular formula is C45H53NO6SSi. The zero-order valence-corrected chi connectivity index (χ0v) is 33.6. The van der Waals surface area contributed by atoms with Crippen LogP contribution in [0.15, 0.2) is 119 Å². The number of imide groups is 1. The number of phenolic OH excluding ortho intramolecular Hbond substituents is 1. The van der Waals surface area contributed by atoms with Crippen LogP contribution in [0, 0.1) is 17.8 Å². The van der Waals surface area contributed by atoms with Gasteiger partial charge in [-0.05, 0) is 81.4 Å². The minimum atomic E-state index is -3.01. The zero-order valence-electron chi connectivity index (χ0n) is 31.8. The van der Waals surface area contributed by atoms with E-state index in [1.54, 1.807) is 12.1 Å². The molecule has 7 nitrogen and oxygen atoms in total. The van der Waals surface area contributed by atoms with Gasteiger partial charge in [-0.15, -0.1) is 11.3 Å². The number of carbonyl (C=O) groups is 2. The lowest BCUT2D eigenvalue weighted by Gasteiger charge is -2.44. The second-order valence-corrected chi connectivity index (χ2v) is 21.0. The van der Waals surface area contributed by atoms with Crippen molar-refractivity contribution in [2.45, 2.75) is 77.5 Å². The largest absolute Gasteiger partial charge is 0.508 e. The molecule has 0 unspecified atom stereocenters. The van der Waals surface area contributed by atoms with E-state index in [1.165, 1.54) is 16.2 Å². The van der Waals surface area contributed by atoms with Gasteiger partial charge >= 0.3 is 0 Å². The molecule has 1 saturated heterocycles. The lowest BCUT2D eigenvalue weighted by Crippen LogP contribution is -2.66. The average Bonchev–Trinajstić information content (AvgIpc) is 3.77. The number of rotatable bonds is 15. The Hall–Kier alpha value is -4.12. The van der Waals surface area contributed by atoms with Crippen LogP contribution in [0.3, 0.4) is 0 Å². The first-order valence-corrected chi connectivity index (χ1v) is 21.9. The second-order valence-electron chi connectivity index (χ2n) is 15.7. The Morgan fingerprint density at radius 1 is 0.926 bits per heavy atom. The summed E-state index contributed by atoms with van der Waals surface area (Å²) in [6.45, 7) is 8.77. The summed E-state index contributed by atoms with van der Waals surface area (Å²) in [6, 6.07) is 31.7. The Bertz CT molecular complexity index is 1900. The maximum atomic E-state index is 14.2. The summed E-state index contributed by atoms with van der Waals surface area (Å²) in [5.74, 6) is -2.43. The van der Waals surface area contributed by atoms with Gasteiger partial charge in [-0.2, -0.15) is 0 Å². The standard InChI is InChI=1S/C45H53NO6SSi/c1-5-13-31(26-32-19-22-34(48)23-20-32)21-24-40(49)41-33(27-38-42(39(41)29-47)44(51)46(43(38)50)28-35-14-12-25-53-35)30-52-54(45(2,3)4,36-15-8-6-9-16-36)37-17-10-7-11-18-37/h6-12,14-20,22-23,25-26,38-40,42,47-49H,5,13,21,24,27-30H2,1-4H3/b31-26+/t38-,39+,40-,42-/m1/s1. The lowest BCUT2D eigenvalue weighted by molar-refractivity contribution is -0.140. The van der Waals surface area contributed by atoms with Gasteiger partial charge in [0.1, 0.15) is 5.75 Å². The van der Waals surface area contributed by atoms with Gasteiger partial charge in [-0.25, -0.2) is 0 Å². The van der Waals surface area contributed by atoms with E-state index in [0.717, 1.165) is 44.8 Å². The number of benzene rings is 3. The molecule has 0 bridgehead atoms. The molecule has 2 amide bonds. The highest BCUT2D eigenvalue weighted by molar-refractivity contribution is 7.09. The number of aliphatic hydroxyl groups is 2. The van der Waals surface area contributed by atoms with E-state index in [4.69, 9.17) is 4.43 Å². The van der Waals surface area contributed by atoms with E-state index in [2.05, 4.69) is 58.0 Å². The Morgan fingerprint density at radius 2 is 1.57 bits per heavy atom. The van der Waals surface area contributed by atoms with Crippen molar-refractivity contribution in [3.63, 3.8) is 0 Å². The number of thiophene rings is 1. The van der Waals surface area contributed by atoms with Crippen LogP contribution >= 0.6 is 11.3 Å². The van der Waals surface area contributed by atoms with Crippen LogP contribution in [0.25, 0.3) is 6.08 Å². The van der Waals surface area contributed by atoms with Crippen molar-refractivity contribution in [2.75, 3.05) is 13.2 Å². The Kier molecular flexibility index (Phi) is 12.5. The van der Waals surface area contributed by atoms with E-state index in [9.17, 15) is 24.9 Å². The third-order valence-corrected chi connectivity index (χ3v) is 17.0. The highest BCUT2D eigenvalue weighted by Gasteiger charge is 2.56. The summed E-state index contributed by atoms with van der Waals surface area (Å²) >= 11 is 1.50. The fourth-order valence-corrected chi connectivity index (χ4v) is 13.9. The molecule has 54 heavy (non-hydrogen) atoms. The van der Waals surface area contributed by atoms with Gasteiger partial charge in [0, 0.05) is 10.8 Å². The SMILES string of the molecule is CCC/C(=C\c1ccc(O)cc1)CC[C@@H](O)C1=C(CO[Si](c2ccccc2)(c2ccccc2)C(C)(C)C)C[C@H]2C(=O)N(Cc3cccs3)C(=O)[C@H]2[C@H]1CO. The number of aliphatic hydroxyl groups excluding tert-OH is 2. The molecule has 0 saturated carbocycles. The number of aromatic hydroxyl groups is 1. The first kappa shape index (κ1) is 39.6. The smallest absolute Gasteiger partial charge is 0.261 e. The van der Waals surface area contributed by atoms with Crippen LogP contribution in [0.5, 0.6) is 5.75 Å². The number of amides is 2. The number of fused-ring (bicyclic) bond motifs is 1. The van der Waals surface area contributed by atoms with Crippen LogP contribution in [-0.2, 0) is 20.6 Å². The summed E-state index contributed by atoms with van der Waals surface area (Å²) in [6.07, 6.45) is 4.19. The molecule has 1 aliphatic heterocycles. The molecule has 1 fully saturated rings. The Balaban J connectivity index is 1.40. The molecule has 2 aliphatic rings. The Labute approximate surface area is 324 Å². The summed E-state index contributed by atoms with van der Waals surface area (Å²) in [5, 5.41) is 37.1. The molecule has 1 aliphatic carbocycles. The molecular weight excluding hydrogens is 711 g/mol. The van der Waals surface area contributed by atoms with Crippen molar-refractivity contribution >= 4 is 47.9 Å². The highest BCUT2D eigenvalue weighted by Crippen LogP contribution is 2.47. The van der Waals surface area contributed by atoms with Crippen LogP contribution in [-0.4, -0.2) is 59.7 Å². The number of likely N-dealkylation sites (tertiary alicyclic amines) is 1. The summed E-state index contributed by atoms with van der Waals surface area (Å²) < 4.78 is 7.40. The maximum absolute atomic E-state index is 14.2. The van der Waals surface area contributed by atoms with Crippen molar-refractivity contribution in [1.82, 2.24) is 4.90 Å². The molecule has 2 heterocycles. The van der Waals surface area contributed by atoms with Gasteiger partial charge in [0.2, 0.25) is 11.8 Å². The average molecular weight is 764 g/mol. The van der Waals surface area contributed by atoms with Gasteiger partial charge in [-0.3, -0.25) is 14.5 Å². The predicted octanol–water partition coefficient (Wildman–Crippen LogP) is 7.47. The third-order valence-electron chi connectivity index (χ3n) is 11.2. The first-order chi connectivity index (χ1) is 26.0. The Morgan fingerprint density at radius 3 is 2.13 bits per heavy atom. The molecule has 0 radical (unpaired) electrons. The van der Waals surface area contributed by atoms with E-state index in [0.29, 0.717) is 18.4 Å². The summed E-state index contributed by atoms with van der Waals surface area (Å²) in [4.78, 5) is 30.6. The monoisotopic (exact) mass is 763 g/mol. The predicted molar refractivity (Wildman–Crippen MR) is 219 cm³/mol. The van der Waals surface area contributed by atoms with Crippen molar-refractivity contribution in [3.8, 4) is 5.75 Å². The second kappa shape index (κ2) is 17.1. The first-order valence-electron chi connectivity index (χ1n) is 19.1. The summed E-state index contributed by atoms with van der Waals surface area (Å²) in [5.41, 5.74) is 3.57. The minimum absolute atomic E-state index is 0.164. The van der Waals surface area contributed by atoms with Crippen molar-refractivity contribution in [3.05, 3.63) is 130 Å². The van der Waals surface area contributed by atoms with Crippen LogP contribution in [0.4, 0.5) is 0 Å². The minimum Gasteiger partial charge on any atom is -0.508 e. The van der Waals surface area contributed by atoms with Gasteiger partial charge in [0.05, 0.1) is 37.7 Å². The molecule has 9 heteroatoms. The fourth-order valence-electron chi connectivity index (χ4n) is 8.70. The van der Waals surface area contributed by atoms with E-state index in [1.807, 2.05) is 66.0 Å². The van der Waals surface area contributed by atoms with E-state index >= 15 is 0 Å². The third kappa shape index (κ3) is 8.11. The van der Waals surface area contributed by atoms with Crippen LogP contribution < -0.4 is 10.4 Å². The van der Waals surface area contributed by atoms with E-state index in [-0.39, 0.29) is 48.8 Å². The van der Waals surface area contributed by atoms with Crippen LogP contribution in [0.1, 0.15) is 70.2 Å². The van der Waals surface area contributed by atoms with Crippen LogP contribution in [0.2, 0.25) is 5.04 Å². The number of carbonyl (C=O) groups excluding carboxylic acids is 2. The fraction of sp³-hybridized carbons (Fsp3) is 0.378. The molecule has 6 rings (SSSR count). The van der Waals surface area contributed by atoms with Crippen molar-refractivity contribution in [1.29, 1.82) is 0 Å². The van der Waals surface area contributed by atoms with Crippen molar-refractivity contribution in [2.24, 2.45) is 17.8 Å². The molecule has 1 aromatic heterocycles. The van der Waals surface area contributed by atoms with Crippen molar-refractivity contribution < 1.29 is 29.3 Å². The molecule has 4 atom stereocenters. The van der Waals surface area contributed by atoms with Gasteiger partial charge < -0.3 is 19.7 Å². The summed E-state index contributed by atoms with van der Waals surface area (Å²) in [7, 11) is -3.01. The number of hydrogen-bond donors (Lipinski definition) is 3. The molecule has 0 spiro atoms. The zero-order chi connectivity index (χ0) is 38.5. The molecule has 3 aromatic carbocycles. The highest BCUT2D eigenvalue weighted by atomic mass is 32.1. The van der Waals surface area contributed by atoms with E-state index < -0.39 is 32.2 Å². The number of hydrogen-bond acceptors (Lipinski definition) is 7. The molecule has 284 valence electrons. The number of phenols is 1.